The van der Waals surface area contributed by atoms with Gasteiger partial charge in [-0.2, -0.15) is 8.78 Å². The SMILES string of the molecule is O=C(O)C(F)(F)C1(O)CCc2cc(F)ccc21. The molecule has 1 aliphatic carbocycles. The molecule has 2 rings (SSSR count). The average molecular weight is 246 g/mol. The van der Waals surface area contributed by atoms with Gasteiger partial charge in [0.2, 0.25) is 0 Å². The molecule has 17 heavy (non-hydrogen) atoms. The Bertz CT molecular complexity index is 487. The monoisotopic (exact) mass is 246 g/mol. The number of aryl methyl sites for hydroxylation is 1. The second kappa shape index (κ2) is 3.46. The van der Waals surface area contributed by atoms with Crippen LogP contribution in [-0.2, 0) is 16.8 Å². The molecular weight excluding hydrogens is 237 g/mol. The third kappa shape index (κ3) is 1.51. The highest BCUT2D eigenvalue weighted by Gasteiger charge is 2.62. The first-order valence-electron chi connectivity index (χ1n) is 4.91. The van der Waals surface area contributed by atoms with Crippen LogP contribution in [-0.4, -0.2) is 22.1 Å². The van der Waals surface area contributed by atoms with Gasteiger partial charge in [0.1, 0.15) is 5.82 Å². The van der Waals surface area contributed by atoms with E-state index >= 15 is 0 Å². The highest BCUT2D eigenvalue weighted by Crippen LogP contribution is 2.47. The summed E-state index contributed by atoms with van der Waals surface area (Å²) in [5, 5.41) is 18.3. The molecular formula is C11H9F3O3. The molecule has 0 spiro atoms. The summed E-state index contributed by atoms with van der Waals surface area (Å²) in [5.41, 5.74) is -2.76. The van der Waals surface area contributed by atoms with E-state index in [1.54, 1.807) is 0 Å². The molecule has 6 heteroatoms. The minimum absolute atomic E-state index is 0.0203. The fourth-order valence-corrected chi connectivity index (χ4v) is 2.13. The van der Waals surface area contributed by atoms with Gasteiger partial charge in [0.25, 0.3) is 0 Å². The van der Waals surface area contributed by atoms with E-state index in [2.05, 4.69) is 0 Å². The molecule has 1 unspecified atom stereocenters. The van der Waals surface area contributed by atoms with Gasteiger partial charge < -0.3 is 10.2 Å². The molecule has 0 heterocycles. The van der Waals surface area contributed by atoms with Gasteiger partial charge in [-0.1, -0.05) is 6.07 Å². The van der Waals surface area contributed by atoms with Crippen LogP contribution in [0.3, 0.4) is 0 Å². The van der Waals surface area contributed by atoms with Crippen molar-refractivity contribution in [1.29, 1.82) is 0 Å². The van der Waals surface area contributed by atoms with Crippen LogP contribution >= 0.6 is 0 Å². The van der Waals surface area contributed by atoms with Crippen LogP contribution in [0.2, 0.25) is 0 Å². The normalized spacial score (nSPS) is 23.5. The minimum Gasteiger partial charge on any atom is -0.477 e. The van der Waals surface area contributed by atoms with Crippen molar-refractivity contribution >= 4 is 5.97 Å². The lowest BCUT2D eigenvalue weighted by Gasteiger charge is -2.29. The lowest BCUT2D eigenvalue weighted by Crippen LogP contribution is -2.49. The molecule has 1 aliphatic rings. The molecule has 1 aromatic rings. The first-order valence-corrected chi connectivity index (χ1v) is 4.91. The number of carbonyl (C=O) groups is 1. The summed E-state index contributed by atoms with van der Waals surface area (Å²) in [4.78, 5) is 10.5. The maximum absolute atomic E-state index is 13.5. The number of benzene rings is 1. The number of hydrogen-bond acceptors (Lipinski definition) is 2. The van der Waals surface area contributed by atoms with Crippen molar-refractivity contribution in [1.82, 2.24) is 0 Å². The van der Waals surface area contributed by atoms with E-state index in [1.807, 2.05) is 0 Å². The zero-order valence-corrected chi connectivity index (χ0v) is 8.58. The van der Waals surface area contributed by atoms with Gasteiger partial charge in [0.15, 0.2) is 5.60 Å². The lowest BCUT2D eigenvalue weighted by atomic mass is 9.89. The van der Waals surface area contributed by atoms with Crippen LogP contribution in [0.1, 0.15) is 17.5 Å². The van der Waals surface area contributed by atoms with Crippen molar-refractivity contribution in [2.75, 3.05) is 0 Å². The van der Waals surface area contributed by atoms with Crippen LogP contribution < -0.4 is 0 Å². The van der Waals surface area contributed by atoms with Crippen molar-refractivity contribution in [3.8, 4) is 0 Å². The van der Waals surface area contributed by atoms with E-state index in [4.69, 9.17) is 5.11 Å². The van der Waals surface area contributed by atoms with Crippen LogP contribution in [0.25, 0.3) is 0 Å². The molecule has 92 valence electrons. The standard InChI is InChI=1S/C11H9F3O3/c12-7-1-2-8-6(5-7)3-4-10(8,17)11(13,14)9(15)16/h1-2,5,17H,3-4H2,(H,15,16). The molecule has 2 N–H and O–H groups in total. The number of carboxylic acids is 1. The van der Waals surface area contributed by atoms with E-state index < -0.39 is 29.7 Å². The van der Waals surface area contributed by atoms with Gasteiger partial charge in [-0.3, -0.25) is 0 Å². The Morgan fingerprint density at radius 1 is 1.41 bits per heavy atom. The van der Waals surface area contributed by atoms with Gasteiger partial charge in [0, 0.05) is 0 Å². The second-order valence-corrected chi connectivity index (χ2v) is 4.04. The molecule has 0 bridgehead atoms. The maximum Gasteiger partial charge on any atom is 0.378 e. The van der Waals surface area contributed by atoms with E-state index in [1.165, 1.54) is 0 Å². The first kappa shape index (κ1) is 11.9. The van der Waals surface area contributed by atoms with Gasteiger partial charge >= 0.3 is 11.9 Å². The van der Waals surface area contributed by atoms with Crippen molar-refractivity contribution in [3.05, 3.63) is 35.1 Å². The molecule has 0 fully saturated rings. The summed E-state index contributed by atoms with van der Waals surface area (Å²) in [7, 11) is 0. The Kier molecular flexibility index (Phi) is 2.43. The molecule has 0 amide bonds. The summed E-state index contributed by atoms with van der Waals surface area (Å²) >= 11 is 0. The number of hydrogen-bond donors (Lipinski definition) is 2. The van der Waals surface area contributed by atoms with Crippen molar-refractivity contribution in [2.45, 2.75) is 24.4 Å². The number of aliphatic hydroxyl groups is 1. The summed E-state index contributed by atoms with van der Waals surface area (Å²) < 4.78 is 39.8. The van der Waals surface area contributed by atoms with Crippen LogP contribution in [0.5, 0.6) is 0 Å². The Balaban J connectivity index is 2.55. The Hall–Kier alpha value is -1.56. The van der Waals surface area contributed by atoms with Crippen LogP contribution in [0.4, 0.5) is 13.2 Å². The van der Waals surface area contributed by atoms with Crippen molar-refractivity contribution < 1.29 is 28.2 Å². The number of carboxylic acid groups (broad SMARTS) is 1. The van der Waals surface area contributed by atoms with E-state index in [9.17, 15) is 23.1 Å². The van der Waals surface area contributed by atoms with Gasteiger partial charge in [-0.15, -0.1) is 0 Å². The fraction of sp³-hybridized carbons (Fsp3) is 0.364. The van der Waals surface area contributed by atoms with Gasteiger partial charge in [0.05, 0.1) is 0 Å². The van der Waals surface area contributed by atoms with Gasteiger partial charge in [-0.05, 0) is 36.1 Å². The fourth-order valence-electron chi connectivity index (χ4n) is 2.13. The smallest absolute Gasteiger partial charge is 0.378 e. The Labute approximate surface area is 94.5 Å². The molecule has 0 aromatic heterocycles. The number of alkyl halides is 2. The highest BCUT2D eigenvalue weighted by molar-refractivity contribution is 5.78. The molecule has 0 aliphatic heterocycles. The second-order valence-electron chi connectivity index (χ2n) is 4.04. The maximum atomic E-state index is 13.5. The summed E-state index contributed by atoms with van der Waals surface area (Å²) in [6.45, 7) is 0. The van der Waals surface area contributed by atoms with Crippen LogP contribution in [0, 0.1) is 5.82 Å². The highest BCUT2D eigenvalue weighted by atomic mass is 19.3. The molecule has 0 saturated carbocycles. The largest absolute Gasteiger partial charge is 0.477 e. The molecule has 1 aromatic carbocycles. The van der Waals surface area contributed by atoms with Crippen molar-refractivity contribution in [3.63, 3.8) is 0 Å². The van der Waals surface area contributed by atoms with Crippen molar-refractivity contribution in [2.24, 2.45) is 0 Å². The molecule has 3 nitrogen and oxygen atoms in total. The Morgan fingerprint density at radius 3 is 2.65 bits per heavy atom. The zero-order chi connectivity index (χ0) is 12.8. The van der Waals surface area contributed by atoms with E-state index in [-0.39, 0.29) is 17.5 Å². The number of halogens is 3. The zero-order valence-electron chi connectivity index (χ0n) is 8.58. The molecule has 0 radical (unpaired) electrons. The summed E-state index contributed by atoms with van der Waals surface area (Å²) in [6, 6.07) is 2.97. The summed E-state index contributed by atoms with van der Waals surface area (Å²) in [5.74, 6) is -7.29. The third-order valence-corrected chi connectivity index (χ3v) is 3.06. The minimum atomic E-state index is -4.30. The van der Waals surface area contributed by atoms with Gasteiger partial charge in [-0.25, -0.2) is 9.18 Å². The Morgan fingerprint density at radius 2 is 2.06 bits per heavy atom. The molecule has 1 atom stereocenters. The predicted molar refractivity (Wildman–Crippen MR) is 51.2 cm³/mol. The van der Waals surface area contributed by atoms with Crippen LogP contribution in [0.15, 0.2) is 18.2 Å². The quantitative estimate of drug-likeness (QED) is 0.834. The predicted octanol–water partition coefficient (Wildman–Crippen LogP) is 1.68. The third-order valence-electron chi connectivity index (χ3n) is 3.06. The first-order chi connectivity index (χ1) is 7.79. The topological polar surface area (TPSA) is 57.5 Å². The number of aliphatic carboxylic acids is 1. The van der Waals surface area contributed by atoms with E-state index in [0.717, 1.165) is 18.2 Å². The lowest BCUT2D eigenvalue weighted by molar-refractivity contribution is -0.211. The number of rotatable bonds is 2. The molecule has 0 saturated heterocycles. The number of fused-ring (bicyclic) bond motifs is 1. The average Bonchev–Trinajstić information content (AvgIpc) is 2.57. The van der Waals surface area contributed by atoms with E-state index in [0.29, 0.717) is 0 Å². The summed E-state index contributed by atoms with van der Waals surface area (Å²) in [6.07, 6.45) is -0.419.